The van der Waals surface area contributed by atoms with Crippen LogP contribution in [0.4, 0.5) is 0 Å². The monoisotopic (exact) mass is 404 g/mol. The Kier molecular flexibility index (Phi) is 4.24. The lowest BCUT2D eigenvalue weighted by molar-refractivity contribution is 0.413. The van der Waals surface area contributed by atoms with E-state index in [9.17, 15) is 0 Å². The second-order valence-electron chi connectivity index (χ2n) is 7.01. The Morgan fingerprint density at radius 2 is 1.73 bits per heavy atom. The maximum Gasteiger partial charge on any atom is 0.119 e. The molecular weight excluding hydrogens is 384 g/mol. The molecule has 1 aliphatic carbocycles. The van der Waals surface area contributed by atoms with E-state index in [1.165, 1.54) is 27.8 Å². The third-order valence-corrected chi connectivity index (χ3v) is 5.74. The Balaban J connectivity index is 2.11. The van der Waals surface area contributed by atoms with E-state index in [1.54, 1.807) is 7.11 Å². The number of ether oxygens (including phenoxy) is 1. The normalized spacial score (nSPS) is 17.5. The molecule has 0 bridgehead atoms. The molecule has 26 heavy (non-hydrogen) atoms. The Morgan fingerprint density at radius 1 is 0.962 bits per heavy atom. The summed E-state index contributed by atoms with van der Waals surface area (Å²) < 4.78 is 6.63. The van der Waals surface area contributed by atoms with Crippen LogP contribution in [0.1, 0.15) is 30.0 Å². The molecular formula is C24H21BrO. The third kappa shape index (κ3) is 2.52. The van der Waals surface area contributed by atoms with Gasteiger partial charge in [-0.05, 0) is 65.4 Å². The van der Waals surface area contributed by atoms with Gasteiger partial charge in [-0.25, -0.2) is 0 Å². The zero-order valence-corrected chi connectivity index (χ0v) is 16.6. The van der Waals surface area contributed by atoms with Crippen molar-refractivity contribution in [3.05, 3.63) is 100 Å². The van der Waals surface area contributed by atoms with Gasteiger partial charge in [-0.15, -0.1) is 6.58 Å². The van der Waals surface area contributed by atoms with Crippen molar-refractivity contribution in [2.24, 2.45) is 0 Å². The largest absolute Gasteiger partial charge is 0.497 e. The quantitative estimate of drug-likeness (QED) is 0.437. The van der Waals surface area contributed by atoms with Crippen LogP contribution in [0.25, 0.3) is 11.1 Å². The molecule has 0 fully saturated rings. The van der Waals surface area contributed by atoms with Crippen LogP contribution in [0.15, 0.2) is 83.4 Å². The van der Waals surface area contributed by atoms with Crippen molar-refractivity contribution in [2.75, 3.05) is 7.11 Å². The zero-order valence-electron chi connectivity index (χ0n) is 15.1. The molecule has 0 aliphatic heterocycles. The van der Waals surface area contributed by atoms with Gasteiger partial charge in [-0.1, -0.05) is 64.0 Å². The van der Waals surface area contributed by atoms with Crippen molar-refractivity contribution in [1.82, 2.24) is 0 Å². The summed E-state index contributed by atoms with van der Waals surface area (Å²) in [5.41, 5.74) is 7.41. The van der Waals surface area contributed by atoms with Gasteiger partial charge in [0.25, 0.3) is 0 Å². The molecule has 1 aliphatic rings. The van der Waals surface area contributed by atoms with E-state index in [1.807, 2.05) is 6.07 Å². The van der Waals surface area contributed by atoms with Crippen LogP contribution in [-0.4, -0.2) is 7.11 Å². The molecule has 1 atom stereocenters. The molecule has 4 rings (SSSR count). The van der Waals surface area contributed by atoms with Crippen molar-refractivity contribution < 1.29 is 4.74 Å². The number of methoxy groups -OCH3 is 1. The van der Waals surface area contributed by atoms with Gasteiger partial charge in [-0.2, -0.15) is 0 Å². The Labute approximate surface area is 163 Å². The van der Waals surface area contributed by atoms with Crippen LogP contribution in [0, 0.1) is 0 Å². The van der Waals surface area contributed by atoms with E-state index < -0.39 is 0 Å². The first-order valence-electron chi connectivity index (χ1n) is 8.75. The van der Waals surface area contributed by atoms with Gasteiger partial charge in [0.1, 0.15) is 5.75 Å². The average Bonchev–Trinajstić information content (AvgIpc) is 2.92. The highest BCUT2D eigenvalue weighted by molar-refractivity contribution is 9.10. The number of benzene rings is 3. The number of rotatable bonds is 4. The van der Waals surface area contributed by atoms with Gasteiger partial charge in [0.05, 0.1) is 12.5 Å². The molecule has 0 saturated carbocycles. The van der Waals surface area contributed by atoms with Crippen molar-refractivity contribution in [3.8, 4) is 16.9 Å². The molecule has 130 valence electrons. The number of hydrogen-bond acceptors (Lipinski definition) is 1. The molecule has 2 heteroatoms. The third-order valence-electron chi connectivity index (χ3n) is 5.25. The van der Waals surface area contributed by atoms with Gasteiger partial charge in [0.15, 0.2) is 0 Å². The first-order valence-corrected chi connectivity index (χ1v) is 9.54. The fraction of sp³-hybridized carbons (Fsp3) is 0.167. The maximum atomic E-state index is 5.53. The molecule has 3 aromatic rings. The average molecular weight is 405 g/mol. The van der Waals surface area contributed by atoms with Crippen molar-refractivity contribution in [2.45, 2.75) is 18.8 Å². The lowest BCUT2D eigenvalue weighted by Crippen LogP contribution is -2.27. The summed E-state index contributed by atoms with van der Waals surface area (Å²) in [7, 11) is 1.72. The lowest BCUT2D eigenvalue weighted by atomic mass is 9.69. The summed E-state index contributed by atoms with van der Waals surface area (Å²) in [6.45, 7) is 6.37. The molecule has 3 aromatic carbocycles. The second kappa shape index (κ2) is 6.44. The summed E-state index contributed by atoms with van der Waals surface area (Å²) in [6.07, 6.45) is 0.862. The van der Waals surface area contributed by atoms with Gasteiger partial charge in [0, 0.05) is 4.47 Å². The van der Waals surface area contributed by atoms with Crippen LogP contribution >= 0.6 is 15.9 Å². The second-order valence-corrected chi connectivity index (χ2v) is 7.92. The van der Waals surface area contributed by atoms with E-state index in [0.29, 0.717) is 0 Å². The molecule has 0 aromatic heterocycles. The molecule has 0 amide bonds. The minimum Gasteiger partial charge on any atom is -0.497 e. The molecule has 0 heterocycles. The standard InChI is InChI=1S/C24H21BrO/c1-16(2)15-24(17-7-6-8-19(13-17)26-3)22-10-5-4-9-20(22)21-12-11-18(25)14-23(21)24/h4-14H,1,15H2,2-3H3. The summed E-state index contributed by atoms with van der Waals surface area (Å²) >= 11 is 3.68. The van der Waals surface area contributed by atoms with Gasteiger partial charge in [-0.3, -0.25) is 0 Å². The van der Waals surface area contributed by atoms with Gasteiger partial charge >= 0.3 is 0 Å². The van der Waals surface area contributed by atoms with E-state index >= 15 is 0 Å². The first-order chi connectivity index (χ1) is 12.6. The van der Waals surface area contributed by atoms with Crippen LogP contribution in [0.3, 0.4) is 0 Å². The fourth-order valence-electron chi connectivity index (χ4n) is 4.28. The van der Waals surface area contributed by atoms with E-state index in [4.69, 9.17) is 4.74 Å². The number of halogens is 1. The Bertz CT molecular complexity index is 1000. The number of hydrogen-bond donors (Lipinski definition) is 0. The summed E-state index contributed by atoms with van der Waals surface area (Å²) in [6, 6.07) is 23.8. The van der Waals surface area contributed by atoms with E-state index in [2.05, 4.69) is 90.1 Å². The maximum absolute atomic E-state index is 5.53. The number of allylic oxidation sites excluding steroid dienone is 1. The zero-order chi connectivity index (χ0) is 18.3. The van der Waals surface area contributed by atoms with Crippen LogP contribution < -0.4 is 4.74 Å². The van der Waals surface area contributed by atoms with Gasteiger partial charge < -0.3 is 4.74 Å². The highest BCUT2D eigenvalue weighted by Gasteiger charge is 2.44. The predicted molar refractivity (Wildman–Crippen MR) is 112 cm³/mol. The van der Waals surface area contributed by atoms with Crippen LogP contribution in [0.5, 0.6) is 5.75 Å². The van der Waals surface area contributed by atoms with Crippen molar-refractivity contribution in [3.63, 3.8) is 0 Å². The highest BCUT2D eigenvalue weighted by atomic mass is 79.9. The van der Waals surface area contributed by atoms with Crippen LogP contribution in [-0.2, 0) is 5.41 Å². The molecule has 0 saturated heterocycles. The van der Waals surface area contributed by atoms with E-state index in [-0.39, 0.29) is 5.41 Å². The Hall–Kier alpha value is -2.32. The molecule has 0 N–H and O–H groups in total. The minimum absolute atomic E-state index is 0.254. The minimum atomic E-state index is -0.254. The molecule has 1 nitrogen and oxygen atoms in total. The van der Waals surface area contributed by atoms with Crippen LogP contribution in [0.2, 0.25) is 0 Å². The summed E-state index contributed by atoms with van der Waals surface area (Å²) in [5, 5.41) is 0. The summed E-state index contributed by atoms with van der Waals surface area (Å²) in [4.78, 5) is 0. The summed E-state index contributed by atoms with van der Waals surface area (Å²) in [5.74, 6) is 0.879. The lowest BCUT2D eigenvalue weighted by Gasteiger charge is -2.33. The molecule has 1 unspecified atom stereocenters. The smallest absolute Gasteiger partial charge is 0.119 e. The molecule has 0 radical (unpaired) electrons. The first kappa shape index (κ1) is 17.1. The van der Waals surface area contributed by atoms with Crippen molar-refractivity contribution in [1.29, 1.82) is 0 Å². The van der Waals surface area contributed by atoms with E-state index in [0.717, 1.165) is 22.2 Å². The number of fused-ring (bicyclic) bond motifs is 3. The highest BCUT2D eigenvalue weighted by Crippen LogP contribution is 2.56. The SMILES string of the molecule is C=C(C)CC1(c2cccc(OC)c2)c2ccccc2-c2ccc(Br)cc21. The van der Waals surface area contributed by atoms with Gasteiger partial charge in [0.2, 0.25) is 0 Å². The van der Waals surface area contributed by atoms with Crippen molar-refractivity contribution >= 4 is 15.9 Å². The predicted octanol–water partition coefficient (Wildman–Crippen LogP) is 6.74. The Morgan fingerprint density at radius 3 is 2.50 bits per heavy atom. The fourth-order valence-corrected chi connectivity index (χ4v) is 4.65. The topological polar surface area (TPSA) is 9.23 Å². The molecule has 0 spiro atoms.